The van der Waals surface area contributed by atoms with Gasteiger partial charge in [0, 0.05) is 16.4 Å². The highest BCUT2D eigenvalue weighted by atomic mass is 79.9. The number of anilines is 1. The van der Waals surface area contributed by atoms with Crippen LogP contribution >= 0.6 is 15.9 Å². The summed E-state index contributed by atoms with van der Waals surface area (Å²) in [5.74, 6) is 0.553. The van der Waals surface area contributed by atoms with E-state index in [1.165, 1.54) is 0 Å². The smallest absolute Gasteiger partial charge is 0.274 e. The molecule has 0 aliphatic heterocycles. The highest BCUT2D eigenvalue weighted by molar-refractivity contribution is 9.10. The molecule has 0 spiro atoms. The van der Waals surface area contributed by atoms with E-state index in [-0.39, 0.29) is 5.91 Å². The van der Waals surface area contributed by atoms with Gasteiger partial charge in [0.05, 0.1) is 7.11 Å². The van der Waals surface area contributed by atoms with E-state index < -0.39 is 0 Å². The zero-order chi connectivity index (χ0) is 13.8. The number of hydrogen-bond donors (Lipinski definition) is 1. The highest BCUT2D eigenvalue weighted by Gasteiger charge is 2.08. The van der Waals surface area contributed by atoms with Crippen LogP contribution < -0.4 is 10.1 Å². The van der Waals surface area contributed by atoms with Crippen LogP contribution in [0.25, 0.3) is 0 Å². The van der Waals surface area contributed by atoms with Gasteiger partial charge in [-0.2, -0.15) is 0 Å². The number of pyridine rings is 1. The van der Waals surface area contributed by atoms with Gasteiger partial charge in [-0.15, -0.1) is 0 Å². The molecule has 4 nitrogen and oxygen atoms in total. The van der Waals surface area contributed by atoms with E-state index in [1.54, 1.807) is 31.5 Å². The van der Waals surface area contributed by atoms with E-state index in [1.807, 2.05) is 19.1 Å². The zero-order valence-corrected chi connectivity index (χ0v) is 12.2. The van der Waals surface area contributed by atoms with Gasteiger partial charge in [0.15, 0.2) is 0 Å². The molecule has 0 atom stereocenters. The van der Waals surface area contributed by atoms with Crippen molar-refractivity contribution in [3.05, 3.63) is 52.3 Å². The number of amides is 1. The molecule has 0 aliphatic rings. The molecule has 0 aliphatic carbocycles. The molecule has 0 saturated carbocycles. The van der Waals surface area contributed by atoms with Crippen LogP contribution in [0.5, 0.6) is 5.75 Å². The Labute approximate surface area is 119 Å². The molecular formula is C14H13BrN2O2. The minimum Gasteiger partial charge on any atom is -0.496 e. The van der Waals surface area contributed by atoms with Crippen molar-refractivity contribution in [3.8, 4) is 5.75 Å². The predicted molar refractivity (Wildman–Crippen MR) is 77.6 cm³/mol. The van der Waals surface area contributed by atoms with Gasteiger partial charge in [0.25, 0.3) is 5.91 Å². The zero-order valence-electron chi connectivity index (χ0n) is 10.6. The summed E-state index contributed by atoms with van der Waals surface area (Å²) < 4.78 is 6.01. The van der Waals surface area contributed by atoms with Crippen molar-refractivity contribution in [2.24, 2.45) is 0 Å². The van der Waals surface area contributed by atoms with Crippen molar-refractivity contribution in [3.63, 3.8) is 0 Å². The topological polar surface area (TPSA) is 51.2 Å². The third kappa shape index (κ3) is 3.32. The second-order valence-corrected chi connectivity index (χ2v) is 4.92. The molecule has 98 valence electrons. The van der Waals surface area contributed by atoms with Gasteiger partial charge in [-0.25, -0.2) is 4.98 Å². The average molecular weight is 321 g/mol. The molecule has 2 aromatic rings. The van der Waals surface area contributed by atoms with Crippen molar-refractivity contribution >= 4 is 27.5 Å². The molecule has 1 heterocycles. The highest BCUT2D eigenvalue weighted by Crippen LogP contribution is 2.21. The summed E-state index contributed by atoms with van der Waals surface area (Å²) in [6.07, 6.45) is 1.59. The molecule has 1 amide bonds. The van der Waals surface area contributed by atoms with E-state index in [2.05, 4.69) is 26.2 Å². The molecule has 0 bridgehead atoms. The number of nitrogens with one attached hydrogen (secondary N) is 1. The molecule has 1 N–H and O–H groups in total. The fourth-order valence-corrected chi connectivity index (χ4v) is 1.90. The van der Waals surface area contributed by atoms with Crippen LogP contribution in [0.2, 0.25) is 0 Å². The van der Waals surface area contributed by atoms with Crippen LogP contribution in [0.4, 0.5) is 5.69 Å². The van der Waals surface area contributed by atoms with E-state index in [9.17, 15) is 4.79 Å². The Hall–Kier alpha value is -1.88. The Kier molecular flexibility index (Phi) is 4.16. The maximum Gasteiger partial charge on any atom is 0.274 e. The van der Waals surface area contributed by atoms with Crippen molar-refractivity contribution in [2.75, 3.05) is 12.4 Å². The average Bonchev–Trinajstić information content (AvgIpc) is 2.39. The Morgan fingerprint density at radius 1 is 1.32 bits per heavy atom. The van der Waals surface area contributed by atoms with Crippen LogP contribution in [0, 0.1) is 6.92 Å². The van der Waals surface area contributed by atoms with Crippen molar-refractivity contribution in [2.45, 2.75) is 6.92 Å². The largest absolute Gasteiger partial charge is 0.496 e. The van der Waals surface area contributed by atoms with Gasteiger partial charge in [-0.3, -0.25) is 4.79 Å². The van der Waals surface area contributed by atoms with Crippen molar-refractivity contribution in [1.29, 1.82) is 0 Å². The summed E-state index contributed by atoms with van der Waals surface area (Å²) in [7, 11) is 1.62. The third-order valence-corrected chi connectivity index (χ3v) is 3.08. The summed E-state index contributed by atoms with van der Waals surface area (Å²) in [5.41, 5.74) is 2.05. The van der Waals surface area contributed by atoms with Crippen LogP contribution in [-0.4, -0.2) is 18.0 Å². The Morgan fingerprint density at radius 3 is 2.68 bits per heavy atom. The third-order valence-electron chi connectivity index (χ3n) is 2.61. The number of halogens is 1. The quantitative estimate of drug-likeness (QED) is 0.942. The molecule has 2 rings (SSSR count). The standard InChI is InChI=1S/C14H13BrN2O2/c1-9-7-11(4-6-13(9)19-2)17-14(18)12-5-3-10(15)8-16-12/h3-8H,1-2H3,(H,17,18). The van der Waals surface area contributed by atoms with Gasteiger partial charge in [-0.1, -0.05) is 0 Å². The predicted octanol–water partition coefficient (Wildman–Crippen LogP) is 3.41. The van der Waals surface area contributed by atoms with E-state index >= 15 is 0 Å². The van der Waals surface area contributed by atoms with Gasteiger partial charge >= 0.3 is 0 Å². The molecule has 0 saturated heterocycles. The first-order chi connectivity index (χ1) is 9.10. The summed E-state index contributed by atoms with van der Waals surface area (Å²) in [6.45, 7) is 1.92. The number of methoxy groups -OCH3 is 1. The number of carbonyl (C=O) groups excluding carboxylic acids is 1. The van der Waals surface area contributed by atoms with Gasteiger partial charge in [-0.05, 0) is 58.7 Å². The first kappa shape index (κ1) is 13.5. The van der Waals surface area contributed by atoms with Gasteiger partial charge in [0.1, 0.15) is 11.4 Å². The lowest BCUT2D eigenvalue weighted by atomic mass is 10.2. The molecule has 1 aromatic heterocycles. The first-order valence-corrected chi connectivity index (χ1v) is 6.47. The number of ether oxygens (including phenoxy) is 1. The maximum absolute atomic E-state index is 12.0. The lowest BCUT2D eigenvalue weighted by Gasteiger charge is -2.08. The summed E-state index contributed by atoms with van der Waals surface area (Å²) in [6, 6.07) is 8.91. The molecule has 1 aromatic carbocycles. The van der Waals surface area contributed by atoms with Crippen LogP contribution in [0.15, 0.2) is 41.0 Å². The van der Waals surface area contributed by atoms with Crippen LogP contribution in [0.3, 0.4) is 0 Å². The first-order valence-electron chi connectivity index (χ1n) is 5.67. The molecule has 5 heteroatoms. The van der Waals surface area contributed by atoms with Crippen molar-refractivity contribution < 1.29 is 9.53 Å². The minimum atomic E-state index is -0.239. The fourth-order valence-electron chi connectivity index (χ4n) is 1.66. The van der Waals surface area contributed by atoms with E-state index in [4.69, 9.17) is 4.74 Å². The number of carbonyl (C=O) groups is 1. The van der Waals surface area contributed by atoms with Gasteiger partial charge < -0.3 is 10.1 Å². The van der Waals surface area contributed by atoms with Crippen molar-refractivity contribution in [1.82, 2.24) is 4.98 Å². The normalized spacial score (nSPS) is 10.1. The lowest BCUT2D eigenvalue weighted by Crippen LogP contribution is -2.13. The SMILES string of the molecule is COc1ccc(NC(=O)c2ccc(Br)cn2)cc1C. The number of rotatable bonds is 3. The van der Waals surface area contributed by atoms with E-state index in [0.29, 0.717) is 11.4 Å². The van der Waals surface area contributed by atoms with Crippen LogP contribution in [0.1, 0.15) is 16.1 Å². The maximum atomic E-state index is 12.0. The van der Waals surface area contributed by atoms with E-state index in [0.717, 1.165) is 15.8 Å². The second-order valence-electron chi connectivity index (χ2n) is 4.00. The summed E-state index contributed by atoms with van der Waals surface area (Å²) >= 11 is 3.28. The molecule has 0 unspecified atom stereocenters. The lowest BCUT2D eigenvalue weighted by molar-refractivity contribution is 0.102. The number of benzene rings is 1. The summed E-state index contributed by atoms with van der Waals surface area (Å²) in [5, 5.41) is 2.80. The number of hydrogen-bond acceptors (Lipinski definition) is 3. The molecular weight excluding hydrogens is 308 g/mol. The number of aryl methyl sites for hydroxylation is 1. The Bertz CT molecular complexity index is 597. The monoisotopic (exact) mass is 320 g/mol. The Balaban J connectivity index is 2.14. The second kappa shape index (κ2) is 5.84. The van der Waals surface area contributed by atoms with Crippen LogP contribution in [-0.2, 0) is 0 Å². The Morgan fingerprint density at radius 2 is 2.11 bits per heavy atom. The minimum absolute atomic E-state index is 0.239. The number of aromatic nitrogens is 1. The number of nitrogens with zero attached hydrogens (tertiary/aromatic N) is 1. The molecule has 0 radical (unpaired) electrons. The van der Waals surface area contributed by atoms with Gasteiger partial charge in [0.2, 0.25) is 0 Å². The summed E-state index contributed by atoms with van der Waals surface area (Å²) in [4.78, 5) is 16.0. The molecule has 0 fully saturated rings. The fraction of sp³-hybridized carbons (Fsp3) is 0.143. The molecule has 19 heavy (non-hydrogen) atoms.